The number of unbranched alkanes of at least 4 members (excludes halogenated alkanes) is 1. The highest BCUT2D eigenvalue weighted by Gasteiger charge is 2.37. The Bertz CT molecular complexity index is 1230. The third-order valence-electron chi connectivity index (χ3n) is 5.08. The second-order valence-corrected chi connectivity index (χ2v) is 8.96. The maximum Gasteiger partial charge on any atom is 0.265 e. The number of imide groups is 1. The molecule has 2 aromatic heterocycles. The Hall–Kier alpha value is -3.56. The lowest BCUT2D eigenvalue weighted by Crippen LogP contribution is -2.31. The number of nitrogens with zero attached hydrogens (tertiary/aromatic N) is 2. The maximum absolute atomic E-state index is 13.0. The van der Waals surface area contributed by atoms with Crippen LogP contribution < -0.4 is 10.6 Å². The van der Waals surface area contributed by atoms with Crippen molar-refractivity contribution < 1.29 is 19.2 Å². The first-order chi connectivity index (χ1) is 16.0. The highest BCUT2D eigenvalue weighted by Crippen LogP contribution is 2.30. The van der Waals surface area contributed by atoms with Crippen LogP contribution in [0.5, 0.6) is 0 Å². The molecule has 0 spiro atoms. The van der Waals surface area contributed by atoms with E-state index in [1.54, 1.807) is 54.9 Å². The monoisotopic (exact) mass is 482 g/mol. The van der Waals surface area contributed by atoms with E-state index in [1.165, 1.54) is 4.90 Å². The molecule has 0 saturated carbocycles. The van der Waals surface area contributed by atoms with E-state index < -0.39 is 17.7 Å². The molecular formula is C23H19ClN4O4S. The third kappa shape index (κ3) is 4.94. The van der Waals surface area contributed by atoms with Gasteiger partial charge < -0.3 is 10.6 Å². The van der Waals surface area contributed by atoms with Crippen LogP contribution in [-0.4, -0.2) is 46.6 Å². The summed E-state index contributed by atoms with van der Waals surface area (Å²) >= 11 is 7.01. The Morgan fingerprint density at radius 2 is 1.76 bits per heavy atom. The van der Waals surface area contributed by atoms with Crippen LogP contribution in [0.4, 0.5) is 5.69 Å². The van der Waals surface area contributed by atoms with E-state index in [-0.39, 0.29) is 29.3 Å². The maximum atomic E-state index is 13.0. The summed E-state index contributed by atoms with van der Waals surface area (Å²) < 4.78 is 0.479. The number of thiophene rings is 1. The topological polar surface area (TPSA) is 108 Å². The number of carbonyl (C=O) groups excluding carboxylic acids is 4. The van der Waals surface area contributed by atoms with Crippen LogP contribution in [-0.2, 0) is 0 Å². The summed E-state index contributed by atoms with van der Waals surface area (Å²) in [5, 5.41) is 5.51. The van der Waals surface area contributed by atoms with Gasteiger partial charge in [-0.3, -0.25) is 29.1 Å². The summed E-state index contributed by atoms with van der Waals surface area (Å²) in [5.41, 5.74) is 1.25. The standard InChI is InChI=1S/C23H19ClN4O4S/c24-18-7-6-17(33-18)21(30)27-16-5-3-4-15-19(16)23(32)28(22(15)31)13-2-1-10-26-20(29)14-8-11-25-12-9-14/h3-9,11-12H,1-2,10,13H2,(H,26,29)(H,27,30). The van der Waals surface area contributed by atoms with E-state index in [1.807, 2.05) is 0 Å². The summed E-state index contributed by atoms with van der Waals surface area (Å²) in [7, 11) is 0. The first kappa shape index (κ1) is 22.6. The predicted molar refractivity (Wildman–Crippen MR) is 125 cm³/mol. The van der Waals surface area contributed by atoms with Gasteiger partial charge in [-0.25, -0.2) is 0 Å². The number of hydrogen-bond donors (Lipinski definition) is 2. The fourth-order valence-corrected chi connectivity index (χ4v) is 4.40. The van der Waals surface area contributed by atoms with Gasteiger partial charge in [0.1, 0.15) is 0 Å². The molecule has 4 amide bonds. The summed E-state index contributed by atoms with van der Waals surface area (Å²) in [6, 6.07) is 11.2. The molecule has 0 aliphatic carbocycles. The van der Waals surface area contributed by atoms with Gasteiger partial charge in [-0.15, -0.1) is 11.3 Å². The van der Waals surface area contributed by atoms with E-state index in [2.05, 4.69) is 15.6 Å². The first-order valence-electron chi connectivity index (χ1n) is 10.2. The van der Waals surface area contributed by atoms with Gasteiger partial charge in [-0.1, -0.05) is 17.7 Å². The van der Waals surface area contributed by atoms with E-state index in [4.69, 9.17) is 11.6 Å². The van der Waals surface area contributed by atoms with Gasteiger partial charge in [-0.05, 0) is 49.2 Å². The van der Waals surface area contributed by atoms with E-state index >= 15 is 0 Å². The molecule has 0 bridgehead atoms. The summed E-state index contributed by atoms with van der Waals surface area (Å²) in [4.78, 5) is 55.7. The average molecular weight is 483 g/mol. The smallest absolute Gasteiger partial charge is 0.265 e. The summed E-state index contributed by atoms with van der Waals surface area (Å²) in [5.74, 6) is -1.45. The molecule has 0 unspecified atom stereocenters. The Labute approximate surface area is 198 Å². The van der Waals surface area contributed by atoms with Crippen LogP contribution in [0.2, 0.25) is 4.34 Å². The Morgan fingerprint density at radius 3 is 2.48 bits per heavy atom. The SMILES string of the molecule is O=C(NCCCCN1C(=O)c2cccc(NC(=O)c3ccc(Cl)s3)c2C1=O)c1ccncc1. The van der Waals surface area contributed by atoms with Gasteiger partial charge in [0.05, 0.1) is 26.0 Å². The summed E-state index contributed by atoms with van der Waals surface area (Å²) in [6.07, 6.45) is 4.21. The number of benzene rings is 1. The zero-order chi connectivity index (χ0) is 23.4. The normalized spacial score (nSPS) is 12.6. The Balaban J connectivity index is 1.34. The summed E-state index contributed by atoms with van der Waals surface area (Å²) in [6.45, 7) is 0.625. The number of hydrogen-bond acceptors (Lipinski definition) is 6. The lowest BCUT2D eigenvalue weighted by Gasteiger charge is -2.14. The second-order valence-electron chi connectivity index (χ2n) is 7.25. The van der Waals surface area contributed by atoms with Gasteiger partial charge in [0.15, 0.2) is 0 Å². The minimum Gasteiger partial charge on any atom is -0.352 e. The second kappa shape index (κ2) is 9.93. The highest BCUT2D eigenvalue weighted by atomic mass is 35.5. The Morgan fingerprint density at radius 1 is 0.970 bits per heavy atom. The van der Waals surface area contributed by atoms with Crippen molar-refractivity contribution in [3.8, 4) is 0 Å². The van der Waals surface area contributed by atoms with Gasteiger partial charge in [0.2, 0.25) is 0 Å². The molecule has 8 nitrogen and oxygen atoms in total. The fourth-order valence-electron chi connectivity index (χ4n) is 3.46. The number of carbonyl (C=O) groups is 4. The number of nitrogens with one attached hydrogen (secondary N) is 2. The molecular weight excluding hydrogens is 464 g/mol. The van der Waals surface area contributed by atoms with Crippen LogP contribution in [0.25, 0.3) is 0 Å². The van der Waals surface area contributed by atoms with E-state index in [0.29, 0.717) is 34.2 Å². The number of fused-ring (bicyclic) bond motifs is 1. The van der Waals surface area contributed by atoms with Crippen molar-refractivity contribution in [2.75, 3.05) is 18.4 Å². The van der Waals surface area contributed by atoms with Crippen molar-refractivity contribution >= 4 is 52.3 Å². The van der Waals surface area contributed by atoms with E-state index in [9.17, 15) is 19.2 Å². The zero-order valence-corrected chi connectivity index (χ0v) is 18.9. The number of aromatic nitrogens is 1. The highest BCUT2D eigenvalue weighted by molar-refractivity contribution is 7.18. The average Bonchev–Trinajstić information content (AvgIpc) is 3.36. The van der Waals surface area contributed by atoms with Crippen LogP contribution in [0, 0.1) is 0 Å². The molecule has 3 heterocycles. The molecule has 0 saturated heterocycles. The Kier molecular flexibility index (Phi) is 6.81. The predicted octanol–water partition coefficient (Wildman–Crippen LogP) is 3.86. The van der Waals surface area contributed by atoms with Crippen molar-refractivity contribution in [1.29, 1.82) is 0 Å². The number of halogens is 1. The van der Waals surface area contributed by atoms with Gasteiger partial charge in [0.25, 0.3) is 23.6 Å². The zero-order valence-electron chi connectivity index (χ0n) is 17.3. The molecule has 168 valence electrons. The van der Waals surface area contributed by atoms with E-state index in [0.717, 1.165) is 11.3 Å². The van der Waals surface area contributed by atoms with Crippen LogP contribution in [0.3, 0.4) is 0 Å². The third-order valence-corrected chi connectivity index (χ3v) is 6.31. The van der Waals surface area contributed by atoms with Crippen LogP contribution in [0.1, 0.15) is 53.6 Å². The number of anilines is 1. The lowest BCUT2D eigenvalue weighted by atomic mass is 10.1. The van der Waals surface area contributed by atoms with Gasteiger partial charge in [0, 0.05) is 31.0 Å². The molecule has 2 N–H and O–H groups in total. The van der Waals surface area contributed by atoms with Crippen LogP contribution in [0.15, 0.2) is 54.9 Å². The van der Waals surface area contributed by atoms with Crippen molar-refractivity contribution in [3.63, 3.8) is 0 Å². The van der Waals surface area contributed by atoms with Crippen LogP contribution >= 0.6 is 22.9 Å². The molecule has 10 heteroatoms. The van der Waals surface area contributed by atoms with Gasteiger partial charge >= 0.3 is 0 Å². The quantitative estimate of drug-likeness (QED) is 0.374. The molecule has 0 radical (unpaired) electrons. The molecule has 1 aliphatic heterocycles. The van der Waals surface area contributed by atoms with Gasteiger partial charge in [-0.2, -0.15) is 0 Å². The molecule has 0 atom stereocenters. The molecule has 1 aliphatic rings. The first-order valence-corrected chi connectivity index (χ1v) is 11.4. The van der Waals surface area contributed by atoms with Crippen molar-refractivity contribution in [1.82, 2.24) is 15.2 Å². The molecule has 1 aromatic carbocycles. The minimum absolute atomic E-state index is 0.185. The van der Waals surface area contributed by atoms with Crippen molar-refractivity contribution in [2.24, 2.45) is 0 Å². The molecule has 33 heavy (non-hydrogen) atoms. The number of amides is 4. The van der Waals surface area contributed by atoms with Crippen molar-refractivity contribution in [2.45, 2.75) is 12.8 Å². The van der Waals surface area contributed by atoms with Crippen molar-refractivity contribution in [3.05, 3.63) is 80.8 Å². The minimum atomic E-state index is -0.448. The lowest BCUT2D eigenvalue weighted by molar-refractivity contribution is 0.0650. The largest absolute Gasteiger partial charge is 0.352 e. The molecule has 4 rings (SSSR count). The molecule has 3 aromatic rings. The number of pyridine rings is 1. The molecule has 0 fully saturated rings. The number of rotatable bonds is 8. The fraction of sp³-hybridized carbons (Fsp3) is 0.174.